The highest BCUT2D eigenvalue weighted by Crippen LogP contribution is 2.27. The minimum atomic E-state index is -3.37. The maximum atomic E-state index is 13.7. The zero-order valence-corrected chi connectivity index (χ0v) is 22.3. The summed E-state index contributed by atoms with van der Waals surface area (Å²) < 4.78 is 45.9. The molecule has 0 spiro atoms. The lowest BCUT2D eigenvalue weighted by Gasteiger charge is -2.20. The Balaban J connectivity index is 0. The summed E-state index contributed by atoms with van der Waals surface area (Å²) in [5.74, 6) is -0.935. The van der Waals surface area contributed by atoms with Crippen LogP contribution in [0.5, 0.6) is 0 Å². The molecular weight excluding hydrogens is 496 g/mol. The number of methoxy groups -OCH3 is 1. The number of nitrogens with one attached hydrogen (secondary N) is 1. The quantitative estimate of drug-likeness (QED) is 0.285. The van der Waals surface area contributed by atoms with Crippen LogP contribution >= 0.6 is 9.24 Å². The van der Waals surface area contributed by atoms with Gasteiger partial charge in [0.05, 0.1) is 18.5 Å². The van der Waals surface area contributed by atoms with Gasteiger partial charge in [0, 0.05) is 12.6 Å². The Morgan fingerprint density at radius 1 is 1.28 bits per heavy atom. The normalized spacial score (nSPS) is 12.8. The first-order valence-electron chi connectivity index (χ1n) is 10.5. The second-order valence-corrected chi connectivity index (χ2v) is 7.88. The van der Waals surface area contributed by atoms with Crippen molar-refractivity contribution in [2.75, 3.05) is 14.2 Å². The summed E-state index contributed by atoms with van der Waals surface area (Å²) in [5.41, 5.74) is 2.75. The van der Waals surface area contributed by atoms with Gasteiger partial charge in [-0.2, -0.15) is 8.78 Å². The fourth-order valence-corrected chi connectivity index (χ4v) is 2.81. The highest BCUT2D eigenvalue weighted by molar-refractivity contribution is 7.18. The van der Waals surface area contributed by atoms with Gasteiger partial charge in [-0.3, -0.25) is 9.79 Å². The van der Waals surface area contributed by atoms with Gasteiger partial charge in [0.2, 0.25) is 5.90 Å². The Morgan fingerprint density at radius 3 is 2.28 bits per heavy atom. The molecule has 36 heavy (non-hydrogen) atoms. The maximum absolute atomic E-state index is 13.7. The molecule has 0 aliphatic heterocycles. The van der Waals surface area contributed by atoms with Crippen LogP contribution in [0.2, 0.25) is 0 Å². The van der Waals surface area contributed by atoms with Gasteiger partial charge in [-0.1, -0.05) is 34.7 Å². The molecule has 0 saturated heterocycles. The fourth-order valence-electron chi connectivity index (χ4n) is 2.73. The molecule has 1 rings (SSSR count). The van der Waals surface area contributed by atoms with Gasteiger partial charge in [0.15, 0.2) is 0 Å². The number of benzene rings is 1. The Hall–Kier alpha value is -3.33. The van der Waals surface area contributed by atoms with Crippen molar-refractivity contribution < 1.29 is 32.3 Å². The predicted octanol–water partition coefficient (Wildman–Crippen LogP) is 3.92. The smallest absolute Gasteiger partial charge is 0.297 e. The van der Waals surface area contributed by atoms with Crippen LogP contribution in [0.15, 0.2) is 51.6 Å². The molecule has 1 amide bonds. The molecule has 1 aromatic carbocycles. The minimum Gasteiger partial charge on any atom is -0.483 e. The summed E-state index contributed by atoms with van der Waals surface area (Å²) >= 11 is 0. The van der Waals surface area contributed by atoms with Crippen LogP contribution in [0, 0.1) is 5.82 Å². The van der Waals surface area contributed by atoms with E-state index in [0.717, 1.165) is 11.6 Å². The third-order valence-corrected chi connectivity index (χ3v) is 4.67. The number of nitrogens with two attached hydrogens (primary N) is 1. The molecular formula is C24H34F3N4O4P. The van der Waals surface area contributed by atoms with Crippen LogP contribution in [0.1, 0.15) is 39.2 Å². The standard InChI is InChI=1S/C22H30F3N4O2P.2CH2O/c1-6-8-16(28-20(30)17(27-4)12-18(26)22(24,25)32)21(31-5)29-19(13(2)3)14-9-7-10-15(23)11-14;2*1-2/h7,9-12,16H,6,8,26,32H2,1-5H3,(H,28,30);2*1H2/b18-12-,27-17?,29-21?;;. The molecule has 0 aromatic heterocycles. The number of hydrogen-bond acceptors (Lipinski definition) is 7. The molecule has 0 aliphatic rings. The van der Waals surface area contributed by atoms with E-state index in [1.54, 1.807) is 12.1 Å². The molecule has 0 saturated carbocycles. The number of amides is 1. The number of halogens is 3. The van der Waals surface area contributed by atoms with Crippen molar-refractivity contribution in [3.8, 4) is 0 Å². The molecule has 1 aromatic rings. The minimum absolute atomic E-state index is 0.185. The Morgan fingerprint density at radius 2 is 1.86 bits per heavy atom. The summed E-state index contributed by atoms with van der Waals surface area (Å²) in [4.78, 5) is 37.0. The molecule has 0 radical (unpaired) electrons. The first kappa shape index (κ1) is 34.8. The zero-order valence-electron chi connectivity index (χ0n) is 21.1. The molecule has 200 valence electrons. The van der Waals surface area contributed by atoms with Crippen LogP contribution in [-0.4, -0.2) is 57.0 Å². The van der Waals surface area contributed by atoms with Crippen LogP contribution in [0.4, 0.5) is 13.2 Å². The van der Waals surface area contributed by atoms with E-state index in [4.69, 9.17) is 20.1 Å². The zero-order chi connectivity index (χ0) is 28.5. The van der Waals surface area contributed by atoms with Crippen molar-refractivity contribution >= 4 is 46.0 Å². The van der Waals surface area contributed by atoms with Crippen LogP contribution in [0.3, 0.4) is 0 Å². The van der Waals surface area contributed by atoms with E-state index in [1.165, 1.54) is 35.5 Å². The van der Waals surface area contributed by atoms with Gasteiger partial charge < -0.3 is 25.4 Å². The first-order valence-corrected chi connectivity index (χ1v) is 11.1. The lowest BCUT2D eigenvalue weighted by Crippen LogP contribution is -2.44. The number of ether oxygens (including phenoxy) is 1. The summed E-state index contributed by atoms with van der Waals surface area (Å²) in [6.45, 7) is 9.55. The Bertz CT molecular complexity index is 970. The van der Waals surface area contributed by atoms with Gasteiger partial charge in [-0.05, 0) is 44.1 Å². The summed E-state index contributed by atoms with van der Waals surface area (Å²) in [7, 11) is 4.01. The van der Waals surface area contributed by atoms with Gasteiger partial charge in [0.1, 0.15) is 31.1 Å². The lowest BCUT2D eigenvalue weighted by molar-refractivity contribution is -0.115. The number of allylic oxidation sites excluding steroid dienone is 2. The number of alkyl halides is 2. The average Bonchev–Trinajstić information content (AvgIpc) is 2.84. The second-order valence-electron chi connectivity index (χ2n) is 7.16. The number of carbonyl (C=O) groups excluding carboxylic acids is 3. The number of hydrogen-bond donors (Lipinski definition) is 2. The number of nitrogens with zero attached hydrogens (tertiary/aromatic N) is 2. The highest BCUT2D eigenvalue weighted by Gasteiger charge is 2.27. The van der Waals surface area contributed by atoms with E-state index in [9.17, 15) is 18.0 Å². The van der Waals surface area contributed by atoms with Crippen molar-refractivity contribution in [2.45, 2.75) is 45.3 Å². The highest BCUT2D eigenvalue weighted by atomic mass is 31.0. The molecule has 8 nitrogen and oxygen atoms in total. The lowest BCUT2D eigenvalue weighted by atomic mass is 10.1. The van der Waals surface area contributed by atoms with E-state index in [1.807, 2.05) is 34.3 Å². The summed E-state index contributed by atoms with van der Waals surface area (Å²) in [6, 6.07) is 5.29. The Kier molecular flexibility index (Phi) is 17.4. The van der Waals surface area contributed by atoms with Crippen molar-refractivity contribution in [3.63, 3.8) is 0 Å². The molecule has 0 aliphatic carbocycles. The third kappa shape index (κ3) is 11.9. The fraction of sp³-hybridized carbons (Fsp3) is 0.375. The van der Waals surface area contributed by atoms with E-state index in [0.29, 0.717) is 24.1 Å². The van der Waals surface area contributed by atoms with Crippen molar-refractivity contribution in [1.29, 1.82) is 0 Å². The molecule has 3 N–H and O–H groups in total. The predicted molar refractivity (Wildman–Crippen MR) is 140 cm³/mol. The number of carbonyl (C=O) groups is 3. The maximum Gasteiger partial charge on any atom is 0.297 e. The third-order valence-electron chi connectivity index (χ3n) is 4.33. The molecule has 2 atom stereocenters. The van der Waals surface area contributed by atoms with Gasteiger partial charge in [-0.15, -0.1) is 0 Å². The van der Waals surface area contributed by atoms with Crippen molar-refractivity contribution in [3.05, 3.63) is 53.0 Å². The SMILES string of the molecule is C=O.C=O.CCCC(NC(=O)C(/C=C(\N)C(F)(F)P)=NC)C(=NC(=C(C)C)c1cccc(F)c1)OC. The van der Waals surface area contributed by atoms with E-state index < -0.39 is 29.1 Å². The van der Waals surface area contributed by atoms with Crippen molar-refractivity contribution in [2.24, 2.45) is 15.7 Å². The molecule has 0 fully saturated rings. The Labute approximate surface area is 212 Å². The van der Waals surface area contributed by atoms with Gasteiger partial charge >= 0.3 is 0 Å². The van der Waals surface area contributed by atoms with E-state index in [-0.39, 0.29) is 11.6 Å². The number of aliphatic imine (C=N–C) groups is 2. The second kappa shape index (κ2) is 18.0. The van der Waals surface area contributed by atoms with E-state index >= 15 is 0 Å². The monoisotopic (exact) mass is 530 g/mol. The number of rotatable bonds is 9. The van der Waals surface area contributed by atoms with Crippen LogP contribution in [-0.2, 0) is 19.1 Å². The topological polar surface area (TPSA) is 123 Å². The molecule has 0 bridgehead atoms. The van der Waals surface area contributed by atoms with Gasteiger partial charge in [0.25, 0.3) is 11.6 Å². The van der Waals surface area contributed by atoms with Gasteiger partial charge in [-0.25, -0.2) is 9.38 Å². The van der Waals surface area contributed by atoms with Crippen LogP contribution < -0.4 is 11.1 Å². The largest absolute Gasteiger partial charge is 0.483 e. The van der Waals surface area contributed by atoms with E-state index in [2.05, 4.69) is 15.3 Å². The summed E-state index contributed by atoms with van der Waals surface area (Å²) in [5, 5.41) is 2.71. The van der Waals surface area contributed by atoms with Crippen molar-refractivity contribution in [1.82, 2.24) is 5.32 Å². The molecule has 0 heterocycles. The first-order chi connectivity index (χ1) is 16.9. The molecule has 12 heteroatoms. The molecule has 2 unspecified atom stereocenters. The summed E-state index contributed by atoms with van der Waals surface area (Å²) in [6.07, 6.45) is 1.94. The average molecular weight is 531 g/mol. The van der Waals surface area contributed by atoms with Crippen LogP contribution in [0.25, 0.3) is 5.70 Å².